The summed E-state index contributed by atoms with van der Waals surface area (Å²) < 4.78 is 0. The van der Waals surface area contributed by atoms with E-state index in [1.807, 2.05) is 12.1 Å². The minimum atomic E-state index is -0.131. The fourth-order valence-corrected chi connectivity index (χ4v) is 2.81. The lowest BCUT2D eigenvalue weighted by molar-refractivity contribution is 0.0960. The Morgan fingerprint density at radius 2 is 2.00 bits per heavy atom. The molecule has 3 heteroatoms. The highest BCUT2D eigenvalue weighted by Crippen LogP contribution is 2.45. The first kappa shape index (κ1) is 14.1. The average Bonchev–Trinajstić information content (AvgIpc) is 3.05. The number of aliphatic hydroxyl groups excluding tert-OH is 1. The van der Waals surface area contributed by atoms with E-state index in [4.69, 9.17) is 11.6 Å². The second-order valence-electron chi connectivity index (χ2n) is 6.25. The van der Waals surface area contributed by atoms with Crippen molar-refractivity contribution in [1.29, 1.82) is 0 Å². The van der Waals surface area contributed by atoms with Crippen LogP contribution < -0.4 is 0 Å². The Bertz CT molecular complexity index is 540. The first-order valence-corrected chi connectivity index (χ1v) is 6.81. The van der Waals surface area contributed by atoms with Crippen LogP contribution >= 0.6 is 11.6 Å². The monoisotopic (exact) mass is 278 g/mol. The third kappa shape index (κ3) is 2.84. The maximum Gasteiger partial charge on any atom is 0.166 e. The van der Waals surface area contributed by atoms with Crippen molar-refractivity contribution in [2.45, 2.75) is 32.6 Å². The zero-order valence-electron chi connectivity index (χ0n) is 11.5. The van der Waals surface area contributed by atoms with Crippen LogP contribution in [0.25, 0.3) is 0 Å². The predicted octanol–water partition coefficient (Wildman–Crippen LogP) is 4.53. The van der Waals surface area contributed by atoms with E-state index >= 15 is 0 Å². The van der Waals surface area contributed by atoms with E-state index in [1.165, 1.54) is 0 Å². The highest BCUT2D eigenvalue weighted by molar-refractivity contribution is 6.32. The molecular formula is C16H19ClO2. The Morgan fingerprint density at radius 1 is 1.37 bits per heavy atom. The van der Waals surface area contributed by atoms with Crippen molar-refractivity contribution in [2.75, 3.05) is 0 Å². The Hall–Kier alpha value is -1.28. The van der Waals surface area contributed by atoms with Crippen LogP contribution in [-0.2, 0) is 5.41 Å². The van der Waals surface area contributed by atoms with Gasteiger partial charge in [0.25, 0.3) is 0 Å². The third-order valence-electron chi connectivity index (χ3n) is 3.62. The van der Waals surface area contributed by atoms with E-state index in [9.17, 15) is 9.90 Å². The molecule has 102 valence electrons. The molecular weight excluding hydrogens is 260 g/mol. The summed E-state index contributed by atoms with van der Waals surface area (Å²) in [6, 6.07) is 5.48. The van der Waals surface area contributed by atoms with Gasteiger partial charge in [0.05, 0.1) is 5.76 Å². The molecule has 1 aliphatic rings. The molecule has 1 fully saturated rings. The molecule has 0 spiro atoms. The lowest BCUT2D eigenvalue weighted by atomic mass is 9.86. The molecule has 1 aliphatic carbocycles. The van der Waals surface area contributed by atoms with Crippen molar-refractivity contribution >= 4 is 17.4 Å². The van der Waals surface area contributed by atoms with Crippen molar-refractivity contribution in [3.63, 3.8) is 0 Å². The summed E-state index contributed by atoms with van der Waals surface area (Å²) in [4.78, 5) is 12.2. The lowest BCUT2D eigenvalue weighted by Crippen LogP contribution is -2.13. The molecule has 1 N–H and O–H groups in total. The van der Waals surface area contributed by atoms with Crippen LogP contribution in [-0.4, -0.2) is 10.9 Å². The molecule has 1 saturated carbocycles. The fourth-order valence-electron chi connectivity index (χ4n) is 2.34. The molecule has 0 heterocycles. The maximum atomic E-state index is 12.2. The number of Topliss-reactive ketones (excluding diaryl/α,β-unsaturated/α-hetero) is 1. The first-order valence-electron chi connectivity index (χ1n) is 6.44. The van der Waals surface area contributed by atoms with Gasteiger partial charge in [-0.3, -0.25) is 4.79 Å². The number of carbonyl (C=O) groups is 1. The SMILES string of the molecule is C=C(O)[C@H]1C[C@@H]1C(=O)c1ccc(C(C)(C)C)c(Cl)c1. The van der Waals surface area contributed by atoms with Crippen LogP contribution in [0.2, 0.25) is 5.02 Å². The van der Waals surface area contributed by atoms with Gasteiger partial charge in [0, 0.05) is 22.4 Å². The second-order valence-corrected chi connectivity index (χ2v) is 6.66. The van der Waals surface area contributed by atoms with Gasteiger partial charge in [-0.2, -0.15) is 0 Å². The number of allylic oxidation sites excluding steroid dienone is 1. The minimum absolute atomic E-state index is 0.0415. The van der Waals surface area contributed by atoms with Crippen molar-refractivity contribution in [2.24, 2.45) is 11.8 Å². The topological polar surface area (TPSA) is 37.3 Å². The van der Waals surface area contributed by atoms with E-state index < -0.39 is 0 Å². The standard InChI is InChI=1S/C16H19ClO2/c1-9(18)11-8-12(11)15(19)10-5-6-13(14(17)7-10)16(2,3)4/h5-7,11-12,18H,1,8H2,2-4H3/t11-,12+/m1/s1. The Kier molecular flexibility index (Phi) is 3.48. The largest absolute Gasteiger partial charge is 0.513 e. The third-order valence-corrected chi connectivity index (χ3v) is 3.93. The molecule has 2 atom stereocenters. The van der Waals surface area contributed by atoms with Gasteiger partial charge in [0.2, 0.25) is 0 Å². The zero-order chi connectivity index (χ0) is 14.4. The number of rotatable bonds is 3. The minimum Gasteiger partial charge on any atom is -0.513 e. The summed E-state index contributed by atoms with van der Waals surface area (Å²) in [5, 5.41) is 9.91. The van der Waals surface area contributed by atoms with Gasteiger partial charge in [0.15, 0.2) is 5.78 Å². The summed E-state index contributed by atoms with van der Waals surface area (Å²) in [5.74, 6) is -0.0547. The molecule has 0 amide bonds. The summed E-state index contributed by atoms with van der Waals surface area (Å²) in [6.45, 7) is 9.74. The number of aliphatic hydroxyl groups is 1. The Labute approximate surface area is 119 Å². The zero-order valence-corrected chi connectivity index (χ0v) is 12.3. The summed E-state index contributed by atoms with van der Waals surface area (Å²) in [5.41, 5.74) is 1.61. The van der Waals surface area contributed by atoms with Crippen molar-refractivity contribution in [3.05, 3.63) is 46.7 Å². The lowest BCUT2D eigenvalue weighted by Gasteiger charge is -2.20. The molecule has 0 saturated heterocycles. The number of hydrogen-bond acceptors (Lipinski definition) is 2. The molecule has 0 aromatic heterocycles. The fraction of sp³-hybridized carbons (Fsp3) is 0.438. The van der Waals surface area contributed by atoms with Gasteiger partial charge >= 0.3 is 0 Å². The van der Waals surface area contributed by atoms with Crippen LogP contribution in [0.15, 0.2) is 30.5 Å². The quantitative estimate of drug-likeness (QED) is 0.651. The van der Waals surface area contributed by atoms with Gasteiger partial charge in [-0.15, -0.1) is 0 Å². The van der Waals surface area contributed by atoms with Crippen LogP contribution in [0.1, 0.15) is 43.1 Å². The molecule has 1 aromatic rings. The molecule has 2 nitrogen and oxygen atoms in total. The average molecular weight is 279 g/mol. The smallest absolute Gasteiger partial charge is 0.166 e. The van der Waals surface area contributed by atoms with Crippen molar-refractivity contribution in [1.82, 2.24) is 0 Å². The molecule has 0 unspecified atom stereocenters. The van der Waals surface area contributed by atoms with Gasteiger partial charge in [-0.05, 0) is 23.5 Å². The summed E-state index contributed by atoms with van der Waals surface area (Å²) >= 11 is 6.26. The van der Waals surface area contributed by atoms with Crippen molar-refractivity contribution in [3.8, 4) is 0 Å². The number of halogens is 1. The van der Waals surface area contributed by atoms with Gasteiger partial charge < -0.3 is 5.11 Å². The molecule has 0 bridgehead atoms. The van der Waals surface area contributed by atoms with Crippen molar-refractivity contribution < 1.29 is 9.90 Å². The van der Waals surface area contributed by atoms with Crippen LogP contribution in [0.3, 0.4) is 0 Å². The molecule has 2 rings (SSSR count). The van der Waals surface area contributed by atoms with Crippen LogP contribution in [0, 0.1) is 11.8 Å². The number of ketones is 1. The van der Waals surface area contributed by atoms with Crippen LogP contribution in [0.5, 0.6) is 0 Å². The number of benzene rings is 1. The normalized spacial score (nSPS) is 22.1. The number of hydrogen-bond donors (Lipinski definition) is 1. The summed E-state index contributed by atoms with van der Waals surface area (Å²) in [7, 11) is 0. The molecule has 19 heavy (non-hydrogen) atoms. The molecule has 1 aromatic carbocycles. The van der Waals surface area contributed by atoms with E-state index in [1.54, 1.807) is 6.07 Å². The summed E-state index contributed by atoms with van der Waals surface area (Å²) in [6.07, 6.45) is 0.687. The number of carbonyl (C=O) groups excluding carboxylic acids is 1. The molecule has 0 aliphatic heterocycles. The van der Waals surface area contributed by atoms with E-state index in [-0.39, 0.29) is 28.8 Å². The molecule has 0 radical (unpaired) electrons. The predicted molar refractivity (Wildman–Crippen MR) is 77.8 cm³/mol. The Morgan fingerprint density at radius 3 is 2.42 bits per heavy atom. The maximum absolute atomic E-state index is 12.2. The van der Waals surface area contributed by atoms with Crippen LogP contribution in [0.4, 0.5) is 0 Å². The van der Waals surface area contributed by atoms with E-state index in [2.05, 4.69) is 27.4 Å². The highest BCUT2D eigenvalue weighted by Gasteiger charge is 2.45. The van der Waals surface area contributed by atoms with E-state index in [0.717, 1.165) is 5.56 Å². The Balaban J connectivity index is 2.22. The van der Waals surface area contributed by atoms with Gasteiger partial charge in [0.1, 0.15) is 0 Å². The highest BCUT2D eigenvalue weighted by atomic mass is 35.5. The van der Waals surface area contributed by atoms with Gasteiger partial charge in [-0.1, -0.05) is 51.1 Å². The van der Waals surface area contributed by atoms with E-state index in [0.29, 0.717) is 17.0 Å². The van der Waals surface area contributed by atoms with Gasteiger partial charge in [-0.25, -0.2) is 0 Å². The first-order chi connectivity index (χ1) is 8.71. The second kappa shape index (κ2) is 4.68.